The van der Waals surface area contributed by atoms with E-state index in [4.69, 9.17) is 4.74 Å². The van der Waals surface area contributed by atoms with Gasteiger partial charge in [-0.25, -0.2) is 8.42 Å². The summed E-state index contributed by atoms with van der Waals surface area (Å²) >= 11 is 0. The lowest BCUT2D eigenvalue weighted by Gasteiger charge is -2.34. The number of morpholine rings is 1. The van der Waals surface area contributed by atoms with E-state index >= 15 is 0 Å². The lowest BCUT2D eigenvalue weighted by Crippen LogP contribution is -2.44. The molecular weight excluding hydrogens is 436 g/mol. The molecule has 2 aliphatic heterocycles. The van der Waals surface area contributed by atoms with Gasteiger partial charge in [0.25, 0.3) is 5.91 Å². The quantitative estimate of drug-likeness (QED) is 0.675. The summed E-state index contributed by atoms with van der Waals surface area (Å²) in [5, 5.41) is 0. The smallest absolute Gasteiger partial charge is 0.258 e. The van der Waals surface area contributed by atoms with E-state index in [9.17, 15) is 13.2 Å². The highest BCUT2D eigenvalue weighted by Crippen LogP contribution is 2.49. The first-order valence-corrected chi connectivity index (χ1v) is 13.4. The minimum atomic E-state index is -3.69. The lowest BCUT2D eigenvalue weighted by molar-refractivity contribution is 0.0102. The standard InChI is InChI=1S/C26H32N2O4S/c1-19-9-10-24-23(15-19)26(11-4-3-5-12-26)18-28(24)25(29)21-7-6-8-22(16-21)33(30,31)27-13-14-32-20(2)17-27/h6-10,15-16,20H,3-5,11-14,17-18H2,1-2H3. The molecule has 1 amide bonds. The van der Waals surface area contributed by atoms with Gasteiger partial charge < -0.3 is 9.64 Å². The molecule has 0 radical (unpaired) electrons. The molecule has 3 aliphatic rings. The number of benzene rings is 2. The van der Waals surface area contributed by atoms with Crippen LogP contribution in [0.15, 0.2) is 47.4 Å². The number of nitrogens with zero attached hydrogens (tertiary/aromatic N) is 2. The van der Waals surface area contributed by atoms with Crippen molar-refractivity contribution in [1.29, 1.82) is 0 Å². The Hall–Kier alpha value is -2.22. The summed E-state index contributed by atoms with van der Waals surface area (Å²) in [6.45, 7) is 5.67. The second-order valence-electron chi connectivity index (χ2n) is 9.83. The van der Waals surface area contributed by atoms with Gasteiger partial charge in [-0.2, -0.15) is 4.31 Å². The van der Waals surface area contributed by atoms with Crippen molar-refractivity contribution in [2.75, 3.05) is 31.1 Å². The van der Waals surface area contributed by atoms with Gasteiger partial charge in [0.05, 0.1) is 17.6 Å². The molecule has 1 atom stereocenters. The fourth-order valence-electron chi connectivity index (χ4n) is 5.72. The lowest BCUT2D eigenvalue weighted by atomic mass is 9.70. The van der Waals surface area contributed by atoms with Crippen LogP contribution in [-0.4, -0.2) is 51.0 Å². The van der Waals surface area contributed by atoms with E-state index in [2.05, 4.69) is 25.1 Å². The van der Waals surface area contributed by atoms with Gasteiger partial charge in [-0.1, -0.05) is 43.0 Å². The first kappa shape index (κ1) is 22.6. The molecule has 7 heteroatoms. The van der Waals surface area contributed by atoms with Crippen LogP contribution in [0.3, 0.4) is 0 Å². The summed E-state index contributed by atoms with van der Waals surface area (Å²) in [6.07, 6.45) is 5.65. The van der Waals surface area contributed by atoms with Gasteiger partial charge in [-0.05, 0) is 56.5 Å². The molecule has 1 unspecified atom stereocenters. The van der Waals surface area contributed by atoms with E-state index in [1.165, 1.54) is 40.8 Å². The molecule has 0 N–H and O–H groups in total. The third-order valence-corrected chi connectivity index (χ3v) is 9.31. The van der Waals surface area contributed by atoms with Gasteiger partial charge in [-0.15, -0.1) is 0 Å². The van der Waals surface area contributed by atoms with E-state index in [1.807, 2.05) is 11.8 Å². The van der Waals surface area contributed by atoms with Crippen LogP contribution >= 0.6 is 0 Å². The highest BCUT2D eigenvalue weighted by atomic mass is 32.2. The fourth-order valence-corrected chi connectivity index (χ4v) is 7.27. The predicted molar refractivity (Wildman–Crippen MR) is 128 cm³/mol. The van der Waals surface area contributed by atoms with Gasteiger partial charge >= 0.3 is 0 Å². The number of rotatable bonds is 3. The topological polar surface area (TPSA) is 66.9 Å². The number of fused-ring (bicyclic) bond motifs is 2. The third kappa shape index (κ3) is 4.00. The second-order valence-corrected chi connectivity index (χ2v) is 11.8. The number of carbonyl (C=O) groups excluding carboxylic acids is 1. The molecule has 2 heterocycles. The number of hydrogen-bond acceptors (Lipinski definition) is 4. The molecule has 176 valence electrons. The molecule has 2 aromatic rings. The van der Waals surface area contributed by atoms with Crippen molar-refractivity contribution in [2.24, 2.45) is 0 Å². The first-order valence-electron chi connectivity index (χ1n) is 12.0. The number of ether oxygens (including phenoxy) is 1. The Morgan fingerprint density at radius 3 is 2.64 bits per heavy atom. The van der Waals surface area contributed by atoms with E-state index in [0.29, 0.717) is 31.8 Å². The van der Waals surface area contributed by atoms with Crippen LogP contribution < -0.4 is 4.90 Å². The molecule has 1 saturated heterocycles. The van der Waals surface area contributed by atoms with Crippen LogP contribution in [0.25, 0.3) is 0 Å². The van der Waals surface area contributed by atoms with Gasteiger partial charge in [0.1, 0.15) is 0 Å². The highest BCUT2D eigenvalue weighted by Gasteiger charge is 2.45. The average Bonchev–Trinajstić information content (AvgIpc) is 3.12. The van der Waals surface area contributed by atoms with Gasteiger partial charge in [0, 0.05) is 36.3 Å². The number of amides is 1. The molecular formula is C26H32N2O4S. The molecule has 1 saturated carbocycles. The van der Waals surface area contributed by atoms with Crippen LogP contribution in [0.1, 0.15) is 60.5 Å². The molecule has 33 heavy (non-hydrogen) atoms. The summed E-state index contributed by atoms with van der Waals surface area (Å²) in [5.74, 6) is -0.130. The van der Waals surface area contributed by atoms with E-state index in [1.54, 1.807) is 18.2 Å². The zero-order chi connectivity index (χ0) is 23.2. The highest BCUT2D eigenvalue weighted by molar-refractivity contribution is 7.89. The molecule has 1 aliphatic carbocycles. The van der Waals surface area contributed by atoms with Crippen LogP contribution in [0.4, 0.5) is 5.69 Å². The monoisotopic (exact) mass is 468 g/mol. The number of carbonyl (C=O) groups is 1. The van der Waals surface area contributed by atoms with Crippen molar-refractivity contribution >= 4 is 21.6 Å². The number of anilines is 1. The maximum atomic E-state index is 13.7. The Morgan fingerprint density at radius 2 is 1.88 bits per heavy atom. The van der Waals surface area contributed by atoms with Crippen molar-refractivity contribution in [1.82, 2.24) is 4.31 Å². The van der Waals surface area contributed by atoms with Gasteiger partial charge in [0.2, 0.25) is 10.0 Å². The van der Waals surface area contributed by atoms with Crippen LogP contribution in [0, 0.1) is 6.92 Å². The van der Waals surface area contributed by atoms with Gasteiger partial charge in [0.15, 0.2) is 0 Å². The molecule has 5 rings (SSSR count). The Morgan fingerprint density at radius 1 is 1.09 bits per heavy atom. The Kier molecular flexibility index (Phi) is 5.83. The molecule has 1 spiro atoms. The number of aryl methyl sites for hydroxylation is 1. The molecule has 0 aromatic heterocycles. The van der Waals surface area contributed by atoms with E-state index in [-0.39, 0.29) is 22.3 Å². The predicted octanol–water partition coefficient (Wildman–Crippen LogP) is 4.27. The molecule has 0 bridgehead atoms. The summed E-state index contributed by atoms with van der Waals surface area (Å²) in [7, 11) is -3.69. The minimum Gasteiger partial charge on any atom is -0.376 e. The fraction of sp³-hybridized carbons (Fsp3) is 0.500. The Bertz CT molecular complexity index is 1170. The van der Waals surface area contributed by atoms with Crippen molar-refractivity contribution in [3.8, 4) is 0 Å². The average molecular weight is 469 g/mol. The van der Waals surface area contributed by atoms with Crippen LogP contribution in [-0.2, 0) is 20.2 Å². The van der Waals surface area contributed by atoms with Crippen molar-refractivity contribution < 1.29 is 17.9 Å². The largest absolute Gasteiger partial charge is 0.376 e. The summed E-state index contributed by atoms with van der Waals surface area (Å²) in [6, 6.07) is 12.9. The SMILES string of the molecule is Cc1ccc2c(c1)C1(CCCCC1)CN2C(=O)c1cccc(S(=O)(=O)N2CCOC(C)C2)c1. The first-order chi connectivity index (χ1) is 15.8. The molecule has 2 fully saturated rings. The van der Waals surface area contributed by atoms with Crippen LogP contribution in [0.5, 0.6) is 0 Å². The summed E-state index contributed by atoms with van der Waals surface area (Å²) in [5.41, 5.74) is 3.89. The Labute approximate surface area is 196 Å². The third-order valence-electron chi connectivity index (χ3n) is 7.45. The maximum absolute atomic E-state index is 13.7. The van der Waals surface area contributed by atoms with E-state index < -0.39 is 10.0 Å². The zero-order valence-corrected chi connectivity index (χ0v) is 20.2. The van der Waals surface area contributed by atoms with Crippen molar-refractivity contribution in [3.05, 3.63) is 59.2 Å². The number of hydrogen-bond donors (Lipinski definition) is 0. The summed E-state index contributed by atoms with van der Waals surface area (Å²) < 4.78 is 33.5. The maximum Gasteiger partial charge on any atom is 0.258 e. The van der Waals surface area contributed by atoms with Crippen LogP contribution in [0.2, 0.25) is 0 Å². The van der Waals surface area contributed by atoms with Crippen molar-refractivity contribution in [2.45, 2.75) is 62.4 Å². The molecule has 2 aromatic carbocycles. The summed E-state index contributed by atoms with van der Waals surface area (Å²) in [4.78, 5) is 15.8. The second kappa shape index (κ2) is 8.53. The minimum absolute atomic E-state index is 0.0168. The normalized spacial score (nSPS) is 23.0. The van der Waals surface area contributed by atoms with Gasteiger partial charge in [-0.3, -0.25) is 4.79 Å². The van der Waals surface area contributed by atoms with E-state index in [0.717, 1.165) is 18.5 Å². The number of sulfonamides is 1. The zero-order valence-electron chi connectivity index (χ0n) is 19.4. The van der Waals surface area contributed by atoms with Crippen molar-refractivity contribution in [3.63, 3.8) is 0 Å². The Balaban J connectivity index is 1.47. The molecule has 6 nitrogen and oxygen atoms in total.